The van der Waals surface area contributed by atoms with Crippen LogP contribution in [0.4, 0.5) is 0 Å². The fourth-order valence-corrected chi connectivity index (χ4v) is 5.19. The van der Waals surface area contributed by atoms with Crippen LogP contribution in [0.15, 0.2) is 24.3 Å². The molecule has 0 aliphatic carbocycles. The number of allylic oxidation sites excluding steroid dienone is 4. The number of hydrogen-bond acceptors (Lipinski definition) is 4. The lowest BCUT2D eigenvalue weighted by atomic mass is 10.1. The van der Waals surface area contributed by atoms with Crippen molar-refractivity contribution >= 4 is 11.9 Å². The van der Waals surface area contributed by atoms with Crippen molar-refractivity contribution in [1.82, 2.24) is 0 Å². The van der Waals surface area contributed by atoms with Crippen molar-refractivity contribution in [2.75, 3.05) is 0 Å². The number of carbonyl (C=O) groups is 2. The van der Waals surface area contributed by atoms with Gasteiger partial charge in [-0.25, -0.2) is 0 Å². The fraction of sp³-hybridized carbons (Fsp3) is 0.842. The second-order valence-corrected chi connectivity index (χ2v) is 12.2. The normalized spacial score (nSPS) is 12.4. The summed E-state index contributed by atoms with van der Waals surface area (Å²) in [5.74, 6) is -0.552. The van der Waals surface area contributed by atoms with Crippen molar-refractivity contribution in [2.45, 2.75) is 207 Å². The summed E-state index contributed by atoms with van der Waals surface area (Å²) in [5, 5.41) is 0. The SMILES string of the molecule is CCCCCCCCCC=CCCCCCCC(=O)OC(C)OC(=O)CCCCCC=CCCCCCCCCCC. The zero-order chi connectivity index (χ0) is 30.8. The first-order chi connectivity index (χ1) is 20.6. The Morgan fingerprint density at radius 1 is 0.429 bits per heavy atom. The molecular weight excluding hydrogens is 520 g/mol. The van der Waals surface area contributed by atoms with Crippen LogP contribution in [-0.2, 0) is 19.1 Å². The molecule has 0 bridgehead atoms. The van der Waals surface area contributed by atoms with Crippen LogP contribution in [0.2, 0.25) is 0 Å². The highest BCUT2D eigenvalue weighted by Gasteiger charge is 2.13. The van der Waals surface area contributed by atoms with Gasteiger partial charge in [0.25, 0.3) is 0 Å². The molecule has 246 valence electrons. The zero-order valence-electron chi connectivity index (χ0n) is 28.3. The number of carbonyl (C=O) groups excluding carboxylic acids is 2. The second-order valence-electron chi connectivity index (χ2n) is 12.2. The standard InChI is InChI=1S/C38H70O4/c1-4-6-8-10-12-14-16-18-20-22-24-26-28-30-32-34-37(39)41-36(3)42-38(40)35-33-31-29-27-25-23-21-19-17-15-13-11-9-7-5-2/h20,22-23,25,36H,4-19,21,24,26-35H2,1-3H3. The molecule has 1 unspecified atom stereocenters. The molecule has 0 saturated heterocycles. The van der Waals surface area contributed by atoms with Crippen LogP contribution in [0, 0.1) is 0 Å². The molecule has 1 atom stereocenters. The molecule has 0 aliphatic heterocycles. The summed E-state index contributed by atoms with van der Waals surface area (Å²) in [4.78, 5) is 24.1. The second kappa shape index (κ2) is 33.9. The summed E-state index contributed by atoms with van der Waals surface area (Å²) in [6, 6.07) is 0. The van der Waals surface area contributed by atoms with Gasteiger partial charge in [0, 0.05) is 19.8 Å². The molecule has 4 heteroatoms. The van der Waals surface area contributed by atoms with Crippen molar-refractivity contribution in [3.63, 3.8) is 0 Å². The number of unbranched alkanes of at least 4 members (excludes halogenated alkanes) is 22. The quantitative estimate of drug-likeness (QED) is 0.0338. The largest absolute Gasteiger partial charge is 0.425 e. The number of hydrogen-bond donors (Lipinski definition) is 0. The molecule has 0 fully saturated rings. The van der Waals surface area contributed by atoms with Crippen molar-refractivity contribution in [3.05, 3.63) is 24.3 Å². The fourth-order valence-electron chi connectivity index (χ4n) is 5.19. The van der Waals surface area contributed by atoms with E-state index in [1.54, 1.807) is 6.92 Å². The van der Waals surface area contributed by atoms with Gasteiger partial charge in [-0.15, -0.1) is 0 Å². The van der Waals surface area contributed by atoms with Gasteiger partial charge in [0.1, 0.15) is 0 Å². The summed E-state index contributed by atoms with van der Waals surface area (Å²) < 4.78 is 10.5. The first kappa shape index (κ1) is 40.4. The number of ether oxygens (including phenoxy) is 2. The Morgan fingerprint density at radius 3 is 1.02 bits per heavy atom. The summed E-state index contributed by atoms with van der Waals surface area (Å²) in [6.07, 6.45) is 41.4. The molecular formula is C38H70O4. The Morgan fingerprint density at radius 2 is 0.690 bits per heavy atom. The lowest BCUT2D eigenvalue weighted by molar-refractivity contribution is -0.184. The summed E-state index contributed by atoms with van der Waals surface area (Å²) >= 11 is 0. The van der Waals surface area contributed by atoms with E-state index in [-0.39, 0.29) is 11.9 Å². The maximum atomic E-state index is 12.0. The van der Waals surface area contributed by atoms with Gasteiger partial charge in [-0.2, -0.15) is 0 Å². The topological polar surface area (TPSA) is 52.6 Å². The van der Waals surface area contributed by atoms with Crippen LogP contribution < -0.4 is 0 Å². The predicted molar refractivity (Wildman–Crippen MR) is 181 cm³/mol. The van der Waals surface area contributed by atoms with Crippen molar-refractivity contribution < 1.29 is 19.1 Å². The van der Waals surface area contributed by atoms with Gasteiger partial charge in [-0.05, 0) is 64.2 Å². The minimum atomic E-state index is -0.800. The molecule has 0 aromatic carbocycles. The third-order valence-corrected chi connectivity index (χ3v) is 7.88. The molecule has 0 radical (unpaired) electrons. The van der Waals surface area contributed by atoms with Gasteiger partial charge in [0.2, 0.25) is 6.29 Å². The minimum Gasteiger partial charge on any atom is -0.425 e. The van der Waals surface area contributed by atoms with Gasteiger partial charge in [-0.1, -0.05) is 141 Å². The Labute approximate surface area is 261 Å². The van der Waals surface area contributed by atoms with Gasteiger partial charge in [-0.3, -0.25) is 9.59 Å². The summed E-state index contributed by atoms with van der Waals surface area (Å²) in [6.45, 7) is 6.16. The number of rotatable bonds is 32. The lowest BCUT2D eigenvalue weighted by Gasteiger charge is -2.14. The third kappa shape index (κ3) is 32.9. The first-order valence-corrected chi connectivity index (χ1v) is 18.3. The van der Waals surface area contributed by atoms with E-state index in [2.05, 4.69) is 38.2 Å². The average Bonchev–Trinajstić information content (AvgIpc) is 2.97. The molecule has 0 rings (SSSR count). The highest BCUT2D eigenvalue weighted by Crippen LogP contribution is 2.13. The molecule has 0 aromatic heterocycles. The molecule has 42 heavy (non-hydrogen) atoms. The maximum absolute atomic E-state index is 12.0. The van der Waals surface area contributed by atoms with Gasteiger partial charge < -0.3 is 9.47 Å². The Kier molecular flexibility index (Phi) is 32.6. The van der Waals surface area contributed by atoms with Crippen LogP contribution in [0.25, 0.3) is 0 Å². The van der Waals surface area contributed by atoms with Crippen LogP contribution in [0.5, 0.6) is 0 Å². The van der Waals surface area contributed by atoms with E-state index >= 15 is 0 Å². The van der Waals surface area contributed by atoms with E-state index in [0.29, 0.717) is 12.8 Å². The van der Waals surface area contributed by atoms with Gasteiger partial charge >= 0.3 is 11.9 Å². The van der Waals surface area contributed by atoms with E-state index in [9.17, 15) is 9.59 Å². The molecule has 0 amide bonds. The molecule has 4 nitrogen and oxygen atoms in total. The van der Waals surface area contributed by atoms with Crippen LogP contribution in [0.1, 0.15) is 201 Å². The Balaban J connectivity index is 3.49. The van der Waals surface area contributed by atoms with E-state index in [1.165, 1.54) is 116 Å². The minimum absolute atomic E-state index is 0.274. The zero-order valence-corrected chi connectivity index (χ0v) is 28.3. The van der Waals surface area contributed by atoms with E-state index in [4.69, 9.17) is 9.47 Å². The highest BCUT2D eigenvalue weighted by molar-refractivity contribution is 5.71. The summed E-state index contributed by atoms with van der Waals surface area (Å²) in [5.41, 5.74) is 0. The molecule has 0 aromatic rings. The highest BCUT2D eigenvalue weighted by atomic mass is 16.7. The Bertz CT molecular complexity index is 639. The smallest absolute Gasteiger partial charge is 0.308 e. The van der Waals surface area contributed by atoms with Gasteiger partial charge in [0.05, 0.1) is 0 Å². The molecule has 0 heterocycles. The first-order valence-electron chi connectivity index (χ1n) is 18.3. The predicted octanol–water partition coefficient (Wildman–Crippen LogP) is 12.5. The molecule has 0 spiro atoms. The van der Waals surface area contributed by atoms with E-state index < -0.39 is 6.29 Å². The summed E-state index contributed by atoms with van der Waals surface area (Å²) in [7, 11) is 0. The lowest BCUT2D eigenvalue weighted by Crippen LogP contribution is -2.21. The van der Waals surface area contributed by atoms with Crippen LogP contribution >= 0.6 is 0 Å². The van der Waals surface area contributed by atoms with Crippen LogP contribution in [-0.4, -0.2) is 18.2 Å². The third-order valence-electron chi connectivity index (χ3n) is 7.88. The van der Waals surface area contributed by atoms with E-state index in [1.807, 2.05) is 0 Å². The van der Waals surface area contributed by atoms with Crippen molar-refractivity contribution in [3.8, 4) is 0 Å². The van der Waals surface area contributed by atoms with Crippen LogP contribution in [0.3, 0.4) is 0 Å². The number of esters is 2. The van der Waals surface area contributed by atoms with Crippen molar-refractivity contribution in [2.24, 2.45) is 0 Å². The molecule has 0 N–H and O–H groups in total. The van der Waals surface area contributed by atoms with E-state index in [0.717, 1.165) is 51.4 Å². The van der Waals surface area contributed by atoms with Crippen molar-refractivity contribution in [1.29, 1.82) is 0 Å². The average molecular weight is 591 g/mol. The monoisotopic (exact) mass is 591 g/mol. The Hall–Kier alpha value is -1.58. The van der Waals surface area contributed by atoms with Gasteiger partial charge in [0.15, 0.2) is 0 Å². The molecule has 0 saturated carbocycles. The maximum Gasteiger partial charge on any atom is 0.308 e. The molecule has 0 aliphatic rings.